The molecule has 0 spiro atoms. The van der Waals surface area contributed by atoms with Gasteiger partial charge in [0.05, 0.1) is 11.1 Å². The van der Waals surface area contributed by atoms with Gasteiger partial charge in [0.15, 0.2) is 0 Å². The van der Waals surface area contributed by atoms with Gasteiger partial charge < -0.3 is 9.47 Å². The lowest BCUT2D eigenvalue weighted by Crippen LogP contribution is -2.36. The lowest BCUT2D eigenvalue weighted by atomic mass is 9.92. The van der Waals surface area contributed by atoms with Crippen LogP contribution in [0.3, 0.4) is 0 Å². The molecule has 2 rings (SSSR count). The quantitative estimate of drug-likeness (QED) is 0.565. The molecule has 3 atom stereocenters. The van der Waals surface area contributed by atoms with Crippen LogP contribution in [0.15, 0.2) is 48.5 Å². The molecule has 0 heterocycles. The lowest BCUT2D eigenvalue weighted by Gasteiger charge is -2.30. The van der Waals surface area contributed by atoms with Crippen LogP contribution in [0, 0.1) is 19.8 Å². The predicted octanol–water partition coefficient (Wildman–Crippen LogP) is 5.51. The fourth-order valence-corrected chi connectivity index (χ4v) is 3.28. The molecular weight excluding hydrogens is 352 g/mol. The van der Waals surface area contributed by atoms with Crippen LogP contribution < -0.4 is 0 Å². The third kappa shape index (κ3) is 5.69. The molecule has 0 fully saturated rings. The van der Waals surface area contributed by atoms with Crippen LogP contribution in [-0.4, -0.2) is 24.1 Å². The molecule has 2 aromatic carbocycles. The van der Waals surface area contributed by atoms with Crippen molar-refractivity contribution >= 4 is 11.9 Å². The molecule has 0 aliphatic rings. The monoisotopic (exact) mass is 382 g/mol. The van der Waals surface area contributed by atoms with E-state index in [1.807, 2.05) is 58.9 Å². The molecule has 4 nitrogen and oxygen atoms in total. The number of ether oxygens (including phenoxy) is 2. The molecule has 0 saturated heterocycles. The fraction of sp³-hybridized carbons (Fsp3) is 0.417. The molecule has 0 aliphatic heterocycles. The average Bonchev–Trinajstić information content (AvgIpc) is 2.68. The highest BCUT2D eigenvalue weighted by atomic mass is 16.6. The van der Waals surface area contributed by atoms with Crippen molar-refractivity contribution in [1.82, 2.24) is 0 Å². The first-order chi connectivity index (χ1) is 13.3. The molecule has 150 valence electrons. The normalized spacial score (nSPS) is 14.0. The topological polar surface area (TPSA) is 52.6 Å². The summed E-state index contributed by atoms with van der Waals surface area (Å²) in [6, 6.07) is 14.6. The SMILES string of the molecule is CCC(OC(=O)c1ccc(C)cc1)C(CC)C(C)OC(=O)c1ccc(C)cc1. The van der Waals surface area contributed by atoms with Gasteiger partial charge in [-0.3, -0.25) is 0 Å². The van der Waals surface area contributed by atoms with Crippen molar-refractivity contribution in [3.8, 4) is 0 Å². The minimum Gasteiger partial charge on any atom is -0.459 e. The van der Waals surface area contributed by atoms with Crippen LogP contribution in [0.4, 0.5) is 0 Å². The number of rotatable bonds is 8. The predicted molar refractivity (Wildman–Crippen MR) is 111 cm³/mol. The van der Waals surface area contributed by atoms with Gasteiger partial charge in [-0.25, -0.2) is 9.59 Å². The second kappa shape index (κ2) is 10.1. The maximum atomic E-state index is 12.5. The Labute approximate surface area is 167 Å². The van der Waals surface area contributed by atoms with Crippen LogP contribution >= 0.6 is 0 Å². The molecule has 0 radical (unpaired) electrons. The molecule has 4 heteroatoms. The number of hydrogen-bond donors (Lipinski definition) is 0. The van der Waals surface area contributed by atoms with Crippen molar-refractivity contribution in [3.63, 3.8) is 0 Å². The average molecular weight is 383 g/mol. The van der Waals surface area contributed by atoms with Gasteiger partial charge in [-0.1, -0.05) is 49.2 Å². The van der Waals surface area contributed by atoms with E-state index >= 15 is 0 Å². The van der Waals surface area contributed by atoms with Gasteiger partial charge in [0.25, 0.3) is 0 Å². The van der Waals surface area contributed by atoms with E-state index in [4.69, 9.17) is 9.47 Å². The Bertz CT molecular complexity index is 777. The number of aryl methyl sites for hydroxylation is 2. The largest absolute Gasteiger partial charge is 0.459 e. The Balaban J connectivity index is 2.05. The van der Waals surface area contributed by atoms with Crippen molar-refractivity contribution in [2.45, 2.75) is 59.7 Å². The highest BCUT2D eigenvalue weighted by Crippen LogP contribution is 2.24. The second-order valence-corrected chi connectivity index (χ2v) is 7.27. The number of esters is 2. The summed E-state index contributed by atoms with van der Waals surface area (Å²) >= 11 is 0. The van der Waals surface area contributed by atoms with Crippen molar-refractivity contribution in [3.05, 3.63) is 70.8 Å². The Morgan fingerprint density at radius 2 is 1.18 bits per heavy atom. The number of carbonyl (C=O) groups is 2. The van der Waals surface area contributed by atoms with E-state index < -0.39 is 0 Å². The van der Waals surface area contributed by atoms with E-state index in [1.54, 1.807) is 24.3 Å². The Morgan fingerprint density at radius 3 is 1.57 bits per heavy atom. The summed E-state index contributed by atoms with van der Waals surface area (Å²) in [6.45, 7) is 9.80. The summed E-state index contributed by atoms with van der Waals surface area (Å²) < 4.78 is 11.5. The summed E-state index contributed by atoms with van der Waals surface area (Å²) in [5.74, 6) is -0.776. The molecular formula is C24H30O4. The van der Waals surface area contributed by atoms with E-state index in [9.17, 15) is 9.59 Å². The zero-order valence-electron chi connectivity index (χ0n) is 17.4. The summed E-state index contributed by atoms with van der Waals surface area (Å²) in [6.07, 6.45) is 0.707. The Morgan fingerprint density at radius 1 is 0.750 bits per heavy atom. The van der Waals surface area contributed by atoms with E-state index in [0.717, 1.165) is 17.5 Å². The van der Waals surface area contributed by atoms with Gasteiger partial charge in [0.1, 0.15) is 12.2 Å². The van der Waals surface area contributed by atoms with Gasteiger partial charge in [-0.2, -0.15) is 0 Å². The van der Waals surface area contributed by atoms with Crippen LogP contribution in [0.5, 0.6) is 0 Å². The summed E-state index contributed by atoms with van der Waals surface area (Å²) in [4.78, 5) is 25.0. The molecule has 3 unspecified atom stereocenters. The van der Waals surface area contributed by atoms with Crippen LogP contribution in [0.25, 0.3) is 0 Å². The van der Waals surface area contributed by atoms with E-state index in [2.05, 4.69) is 0 Å². The second-order valence-electron chi connectivity index (χ2n) is 7.27. The zero-order chi connectivity index (χ0) is 20.7. The van der Waals surface area contributed by atoms with Crippen molar-refractivity contribution in [1.29, 1.82) is 0 Å². The summed E-state index contributed by atoms with van der Waals surface area (Å²) in [5.41, 5.74) is 3.23. The van der Waals surface area contributed by atoms with Gasteiger partial charge in [-0.05, 0) is 57.9 Å². The van der Waals surface area contributed by atoms with Gasteiger partial charge in [0.2, 0.25) is 0 Å². The first kappa shape index (κ1) is 21.7. The highest BCUT2D eigenvalue weighted by Gasteiger charge is 2.30. The first-order valence-electron chi connectivity index (χ1n) is 9.91. The zero-order valence-corrected chi connectivity index (χ0v) is 17.4. The number of carbonyl (C=O) groups excluding carboxylic acids is 2. The van der Waals surface area contributed by atoms with Crippen molar-refractivity contribution < 1.29 is 19.1 Å². The van der Waals surface area contributed by atoms with Gasteiger partial charge in [0, 0.05) is 5.92 Å². The van der Waals surface area contributed by atoms with Crippen molar-refractivity contribution in [2.75, 3.05) is 0 Å². The highest BCUT2D eigenvalue weighted by molar-refractivity contribution is 5.90. The summed E-state index contributed by atoms with van der Waals surface area (Å²) in [7, 11) is 0. The lowest BCUT2D eigenvalue weighted by molar-refractivity contribution is -0.0298. The Hall–Kier alpha value is -2.62. The minimum absolute atomic E-state index is 0.0752. The molecule has 0 N–H and O–H groups in total. The Kier molecular flexibility index (Phi) is 7.80. The van der Waals surface area contributed by atoms with Crippen molar-refractivity contribution in [2.24, 2.45) is 5.92 Å². The third-order valence-electron chi connectivity index (χ3n) is 5.08. The standard InChI is InChI=1S/C24H30O4/c1-6-21(18(5)27-23(25)19-12-8-16(3)9-13-19)22(7-2)28-24(26)20-14-10-17(4)11-15-20/h8-15,18,21-22H,6-7H2,1-5H3. The third-order valence-corrected chi connectivity index (χ3v) is 5.08. The summed E-state index contributed by atoms with van der Waals surface area (Å²) in [5, 5.41) is 0. The molecule has 0 amide bonds. The fourth-order valence-electron chi connectivity index (χ4n) is 3.28. The van der Waals surface area contributed by atoms with E-state index in [-0.39, 0.29) is 30.1 Å². The van der Waals surface area contributed by atoms with Gasteiger partial charge >= 0.3 is 11.9 Å². The smallest absolute Gasteiger partial charge is 0.338 e. The minimum atomic E-state index is -0.366. The maximum Gasteiger partial charge on any atom is 0.338 e. The number of benzene rings is 2. The molecule has 2 aromatic rings. The van der Waals surface area contributed by atoms with E-state index in [0.29, 0.717) is 17.5 Å². The van der Waals surface area contributed by atoms with Crippen LogP contribution in [0.1, 0.15) is 65.5 Å². The first-order valence-corrected chi connectivity index (χ1v) is 9.91. The molecule has 28 heavy (non-hydrogen) atoms. The molecule has 0 aromatic heterocycles. The molecule has 0 bridgehead atoms. The van der Waals surface area contributed by atoms with Crippen LogP contribution in [0.2, 0.25) is 0 Å². The molecule has 0 aliphatic carbocycles. The number of hydrogen-bond acceptors (Lipinski definition) is 4. The molecule has 0 saturated carbocycles. The van der Waals surface area contributed by atoms with E-state index in [1.165, 1.54) is 0 Å². The maximum absolute atomic E-state index is 12.5. The van der Waals surface area contributed by atoms with Gasteiger partial charge in [-0.15, -0.1) is 0 Å². The van der Waals surface area contributed by atoms with Crippen LogP contribution in [-0.2, 0) is 9.47 Å².